The van der Waals surface area contributed by atoms with Crippen LogP contribution in [0, 0.1) is 5.82 Å². The summed E-state index contributed by atoms with van der Waals surface area (Å²) >= 11 is 5.92. The summed E-state index contributed by atoms with van der Waals surface area (Å²) in [7, 11) is 0. The molecule has 0 bridgehead atoms. The van der Waals surface area contributed by atoms with E-state index >= 15 is 0 Å². The molecule has 4 aromatic rings. The molecule has 3 N–H and O–H groups in total. The Hall–Kier alpha value is -4.31. The van der Waals surface area contributed by atoms with Gasteiger partial charge >= 0.3 is 5.97 Å². The number of fused-ring (bicyclic) bond motifs is 1. The molecule has 0 radical (unpaired) electrons. The van der Waals surface area contributed by atoms with Crippen molar-refractivity contribution in [1.29, 1.82) is 0 Å². The third-order valence-corrected chi connectivity index (χ3v) is 6.16. The fraction of sp³-hybridized carbons (Fsp3) is 0.222. The summed E-state index contributed by atoms with van der Waals surface area (Å²) in [4.78, 5) is 33.6. The quantitative estimate of drug-likeness (QED) is 0.238. The van der Waals surface area contributed by atoms with Gasteiger partial charge in [-0.3, -0.25) is 4.98 Å². The van der Waals surface area contributed by atoms with Gasteiger partial charge in [-0.1, -0.05) is 17.7 Å². The van der Waals surface area contributed by atoms with Crippen molar-refractivity contribution in [3.05, 3.63) is 82.5 Å². The van der Waals surface area contributed by atoms with E-state index in [1.165, 1.54) is 18.3 Å². The molecule has 1 aromatic carbocycles. The van der Waals surface area contributed by atoms with Crippen LogP contribution in [-0.2, 0) is 17.6 Å². The van der Waals surface area contributed by atoms with Gasteiger partial charge in [-0.2, -0.15) is 4.98 Å². The molecule has 0 amide bonds. The number of H-pyrrole nitrogens is 1. The van der Waals surface area contributed by atoms with Crippen molar-refractivity contribution < 1.29 is 13.9 Å². The smallest absolute Gasteiger partial charge is 0.339 e. The number of carbonyl (C=O) groups excluding carboxylic acids is 1. The van der Waals surface area contributed by atoms with E-state index < -0.39 is 11.8 Å². The maximum Gasteiger partial charge on any atom is 0.339 e. The van der Waals surface area contributed by atoms with E-state index in [-0.39, 0.29) is 17.6 Å². The summed E-state index contributed by atoms with van der Waals surface area (Å²) in [5.41, 5.74) is 4.29. The number of hydrogen-bond donors (Lipinski definition) is 3. The van der Waals surface area contributed by atoms with E-state index in [0.717, 1.165) is 30.1 Å². The van der Waals surface area contributed by atoms with Crippen LogP contribution in [0.25, 0.3) is 17.2 Å². The van der Waals surface area contributed by atoms with Crippen molar-refractivity contribution >= 4 is 41.1 Å². The van der Waals surface area contributed by atoms with E-state index in [1.54, 1.807) is 31.5 Å². The number of anilines is 3. The van der Waals surface area contributed by atoms with Gasteiger partial charge in [-0.05, 0) is 50.1 Å². The molecule has 11 heteroatoms. The molecule has 38 heavy (non-hydrogen) atoms. The molecule has 1 aliphatic rings. The van der Waals surface area contributed by atoms with Gasteiger partial charge in [0.2, 0.25) is 5.95 Å². The van der Waals surface area contributed by atoms with Crippen molar-refractivity contribution in [2.75, 3.05) is 23.8 Å². The SMILES string of the molecule is CCOC(=O)c1cncc(-c2cnc(Nc3ccc(F)c(Cl)c3)nc2NCCc2nc3c([nH]2)C=CCC3)c1. The fourth-order valence-corrected chi connectivity index (χ4v) is 4.23. The highest BCUT2D eigenvalue weighted by Crippen LogP contribution is 2.29. The number of halogens is 2. The van der Waals surface area contributed by atoms with Gasteiger partial charge in [0.15, 0.2) is 0 Å². The second-order valence-electron chi connectivity index (χ2n) is 8.55. The zero-order valence-electron chi connectivity index (χ0n) is 20.6. The normalized spacial score (nSPS) is 12.2. The molecule has 0 aliphatic heterocycles. The number of rotatable bonds is 9. The molecule has 0 unspecified atom stereocenters. The van der Waals surface area contributed by atoms with Crippen LogP contribution in [0.1, 0.15) is 40.9 Å². The second-order valence-corrected chi connectivity index (χ2v) is 8.96. The van der Waals surface area contributed by atoms with Crippen LogP contribution >= 0.6 is 11.6 Å². The Morgan fingerprint density at radius 1 is 1.21 bits per heavy atom. The number of ether oxygens (including phenoxy) is 1. The molecule has 0 saturated carbocycles. The van der Waals surface area contributed by atoms with E-state index in [9.17, 15) is 9.18 Å². The lowest BCUT2D eigenvalue weighted by Gasteiger charge is -2.13. The Labute approximate surface area is 223 Å². The fourth-order valence-electron chi connectivity index (χ4n) is 4.05. The van der Waals surface area contributed by atoms with Gasteiger partial charge < -0.3 is 20.4 Å². The van der Waals surface area contributed by atoms with Crippen LogP contribution < -0.4 is 10.6 Å². The minimum atomic E-state index is -0.514. The third-order valence-electron chi connectivity index (χ3n) is 5.87. The predicted octanol–water partition coefficient (Wildman–Crippen LogP) is 5.59. The molecule has 0 atom stereocenters. The lowest BCUT2D eigenvalue weighted by molar-refractivity contribution is 0.0526. The van der Waals surface area contributed by atoms with Crippen LogP contribution in [0.15, 0.2) is 48.9 Å². The molecule has 1 aliphatic carbocycles. The molecular weight excluding hydrogens is 509 g/mol. The highest BCUT2D eigenvalue weighted by atomic mass is 35.5. The van der Waals surface area contributed by atoms with Crippen LogP contribution in [0.5, 0.6) is 0 Å². The number of pyridine rings is 1. The van der Waals surface area contributed by atoms with Crippen molar-refractivity contribution in [3.8, 4) is 11.1 Å². The zero-order chi connectivity index (χ0) is 26.5. The number of aromatic amines is 1. The number of nitrogens with one attached hydrogen (secondary N) is 3. The van der Waals surface area contributed by atoms with Crippen LogP contribution in [0.4, 0.5) is 21.8 Å². The van der Waals surface area contributed by atoms with Gasteiger partial charge in [0.1, 0.15) is 17.5 Å². The lowest BCUT2D eigenvalue weighted by Crippen LogP contribution is -2.11. The number of aryl methyl sites for hydroxylation is 1. The monoisotopic (exact) mass is 533 g/mol. The maximum atomic E-state index is 13.6. The number of hydrogen-bond acceptors (Lipinski definition) is 8. The van der Waals surface area contributed by atoms with Crippen molar-refractivity contribution in [2.24, 2.45) is 0 Å². The minimum absolute atomic E-state index is 0.0113. The molecule has 194 valence electrons. The Balaban J connectivity index is 1.41. The molecule has 9 nitrogen and oxygen atoms in total. The molecule has 3 aromatic heterocycles. The molecule has 3 heterocycles. The Morgan fingerprint density at radius 2 is 2.11 bits per heavy atom. The molecule has 0 saturated heterocycles. The summed E-state index contributed by atoms with van der Waals surface area (Å²) < 4.78 is 18.7. The first-order valence-electron chi connectivity index (χ1n) is 12.2. The number of benzene rings is 1. The number of imidazole rings is 1. The summed E-state index contributed by atoms with van der Waals surface area (Å²) in [5, 5.41) is 6.40. The first kappa shape index (κ1) is 25.3. The maximum absolute atomic E-state index is 13.6. The highest BCUT2D eigenvalue weighted by Gasteiger charge is 2.15. The van der Waals surface area contributed by atoms with E-state index in [1.807, 2.05) is 0 Å². The Morgan fingerprint density at radius 3 is 2.92 bits per heavy atom. The summed E-state index contributed by atoms with van der Waals surface area (Å²) in [6.45, 7) is 2.54. The van der Waals surface area contributed by atoms with Crippen LogP contribution in [0.3, 0.4) is 0 Å². The van der Waals surface area contributed by atoms with Gasteiger partial charge in [0.05, 0.1) is 28.6 Å². The predicted molar refractivity (Wildman–Crippen MR) is 144 cm³/mol. The van der Waals surface area contributed by atoms with Crippen LogP contribution in [0.2, 0.25) is 5.02 Å². The minimum Gasteiger partial charge on any atom is -0.462 e. The van der Waals surface area contributed by atoms with Gasteiger partial charge in [-0.25, -0.2) is 19.2 Å². The first-order valence-corrected chi connectivity index (χ1v) is 12.6. The summed E-state index contributed by atoms with van der Waals surface area (Å²) in [6.07, 6.45) is 11.5. The van der Waals surface area contributed by atoms with Crippen molar-refractivity contribution in [2.45, 2.75) is 26.2 Å². The zero-order valence-corrected chi connectivity index (χ0v) is 21.3. The van der Waals surface area contributed by atoms with E-state index in [4.69, 9.17) is 21.3 Å². The summed E-state index contributed by atoms with van der Waals surface area (Å²) in [6, 6.07) is 5.96. The number of allylic oxidation sites excluding steroid dienone is 1. The number of esters is 1. The average molecular weight is 534 g/mol. The van der Waals surface area contributed by atoms with Crippen molar-refractivity contribution in [3.63, 3.8) is 0 Å². The number of nitrogens with zero attached hydrogens (tertiary/aromatic N) is 4. The highest BCUT2D eigenvalue weighted by molar-refractivity contribution is 6.31. The number of carbonyl (C=O) groups is 1. The van der Waals surface area contributed by atoms with E-state index in [0.29, 0.717) is 41.2 Å². The second kappa shape index (κ2) is 11.4. The lowest BCUT2D eigenvalue weighted by atomic mass is 10.1. The standard InChI is InChI=1S/C27H25ClFN7O2/c1-2-38-26(37)17-11-16(13-30-14-17)19-15-32-27(33-18-7-8-21(29)20(28)12-18)36-25(19)31-10-9-24-34-22-5-3-4-6-23(22)35-24/h3,5,7-8,11-15H,2,4,6,9-10H2,1H3,(H,34,35)(H2,31,32,33,36). The molecular formula is C27H25ClFN7O2. The molecule has 5 rings (SSSR count). The largest absolute Gasteiger partial charge is 0.462 e. The van der Waals surface area contributed by atoms with Gasteiger partial charge in [0.25, 0.3) is 0 Å². The van der Waals surface area contributed by atoms with Crippen molar-refractivity contribution in [1.82, 2.24) is 24.9 Å². The van der Waals surface area contributed by atoms with Gasteiger partial charge in [0, 0.05) is 48.4 Å². The molecule has 0 spiro atoms. The molecule has 0 fully saturated rings. The summed E-state index contributed by atoms with van der Waals surface area (Å²) in [5.74, 6) is 0.719. The van der Waals surface area contributed by atoms with E-state index in [2.05, 4.69) is 42.7 Å². The average Bonchev–Trinajstić information content (AvgIpc) is 3.34. The first-order chi connectivity index (χ1) is 18.5. The number of aromatic nitrogens is 5. The Bertz CT molecular complexity index is 1500. The topological polar surface area (TPSA) is 118 Å². The Kier molecular flexibility index (Phi) is 7.60. The van der Waals surface area contributed by atoms with Gasteiger partial charge in [-0.15, -0.1) is 0 Å². The van der Waals surface area contributed by atoms with Crippen LogP contribution in [-0.4, -0.2) is 44.0 Å². The third kappa shape index (κ3) is 5.81.